The molecule has 2 heterocycles. The van der Waals surface area contributed by atoms with Crippen LogP contribution in [0.1, 0.15) is 26.3 Å². The second-order valence-corrected chi connectivity index (χ2v) is 17.1. The summed E-state index contributed by atoms with van der Waals surface area (Å²) in [6, 6.07) is 9.65. The number of hydrogen-bond donors (Lipinski definition) is 1. The molecule has 6 nitrogen and oxygen atoms in total. The zero-order chi connectivity index (χ0) is 25.3. The molecule has 0 unspecified atom stereocenters. The quantitative estimate of drug-likeness (QED) is 0.353. The van der Waals surface area contributed by atoms with Gasteiger partial charge in [-0.25, -0.2) is 12.8 Å². The largest absolute Gasteiger partial charge is 0.416 e. The molecule has 0 spiro atoms. The van der Waals surface area contributed by atoms with Crippen molar-refractivity contribution in [3.63, 3.8) is 0 Å². The van der Waals surface area contributed by atoms with Crippen LogP contribution in [-0.2, 0) is 23.2 Å². The molecular formula is C23H27F3N4O2SSi. The number of benzene rings is 2. The van der Waals surface area contributed by atoms with Crippen molar-refractivity contribution in [1.29, 1.82) is 0 Å². The van der Waals surface area contributed by atoms with E-state index in [0.29, 0.717) is 27.6 Å². The zero-order valence-electron chi connectivity index (χ0n) is 19.8. The van der Waals surface area contributed by atoms with Gasteiger partial charge in [0.25, 0.3) is 0 Å². The van der Waals surface area contributed by atoms with Crippen molar-refractivity contribution < 1.29 is 21.6 Å². The standard InChI is InChI=1S/C23H27F3N4O2SSi/c1-22(2,3)34(5,6)28-33(31,32)17-11-12-19-18(13-17)21-20(14-29(4)27-21)30(19)16-9-7-15(8-10-16)23(24,25)26/h7-14,28H,1-6H3. The van der Waals surface area contributed by atoms with Crippen LogP contribution in [-0.4, -0.2) is 31.0 Å². The van der Waals surface area contributed by atoms with E-state index in [-0.39, 0.29) is 9.93 Å². The molecule has 0 saturated heterocycles. The lowest BCUT2D eigenvalue weighted by atomic mass is 10.2. The highest BCUT2D eigenvalue weighted by Crippen LogP contribution is 2.37. The fourth-order valence-electron chi connectivity index (χ4n) is 3.65. The third-order valence-corrected chi connectivity index (χ3v) is 14.3. The molecule has 4 aromatic rings. The molecule has 11 heteroatoms. The minimum absolute atomic E-state index is 0.127. The molecule has 34 heavy (non-hydrogen) atoms. The lowest BCUT2D eigenvalue weighted by Crippen LogP contribution is -2.54. The molecule has 0 aliphatic carbocycles. The third kappa shape index (κ3) is 4.16. The van der Waals surface area contributed by atoms with E-state index in [0.717, 1.165) is 12.1 Å². The summed E-state index contributed by atoms with van der Waals surface area (Å²) in [5, 5.41) is 4.91. The Morgan fingerprint density at radius 2 is 1.59 bits per heavy atom. The summed E-state index contributed by atoms with van der Waals surface area (Å²) in [5.74, 6) is 0. The predicted molar refractivity (Wildman–Crippen MR) is 130 cm³/mol. The van der Waals surface area contributed by atoms with Crippen LogP contribution in [0.15, 0.2) is 53.6 Å². The Kier molecular flexibility index (Phi) is 5.54. The number of fused-ring (bicyclic) bond motifs is 3. The molecule has 0 aliphatic heterocycles. The van der Waals surface area contributed by atoms with Crippen LogP contribution in [0.25, 0.3) is 27.6 Å². The van der Waals surface area contributed by atoms with Gasteiger partial charge < -0.3 is 4.57 Å². The summed E-state index contributed by atoms with van der Waals surface area (Å²) < 4.78 is 72.0. The number of hydrogen-bond acceptors (Lipinski definition) is 3. The summed E-state index contributed by atoms with van der Waals surface area (Å²) >= 11 is 0. The number of alkyl halides is 3. The van der Waals surface area contributed by atoms with Crippen LogP contribution in [0.4, 0.5) is 13.2 Å². The number of halogens is 3. The van der Waals surface area contributed by atoms with Gasteiger partial charge in [0, 0.05) is 24.3 Å². The zero-order valence-corrected chi connectivity index (χ0v) is 21.6. The Balaban J connectivity index is 1.88. The van der Waals surface area contributed by atoms with Crippen molar-refractivity contribution in [3.05, 3.63) is 54.2 Å². The highest BCUT2D eigenvalue weighted by molar-refractivity contribution is 7.91. The topological polar surface area (TPSA) is 68.9 Å². The van der Waals surface area contributed by atoms with Crippen molar-refractivity contribution >= 4 is 40.2 Å². The molecule has 2 aromatic heterocycles. The van der Waals surface area contributed by atoms with Crippen molar-refractivity contribution in [2.45, 2.75) is 50.0 Å². The summed E-state index contributed by atoms with van der Waals surface area (Å²) in [6.45, 7) is 10.0. The van der Waals surface area contributed by atoms with E-state index >= 15 is 0 Å². The smallest absolute Gasteiger partial charge is 0.306 e. The van der Waals surface area contributed by atoms with Crippen LogP contribution in [0.5, 0.6) is 0 Å². The van der Waals surface area contributed by atoms with E-state index < -0.39 is 30.0 Å². The Bertz CT molecular complexity index is 1500. The Morgan fingerprint density at radius 3 is 2.15 bits per heavy atom. The first kappa shape index (κ1) is 24.5. The molecule has 0 saturated carbocycles. The van der Waals surface area contributed by atoms with Crippen molar-refractivity contribution in [2.24, 2.45) is 7.05 Å². The van der Waals surface area contributed by atoms with Gasteiger partial charge in [-0.2, -0.15) is 18.3 Å². The number of sulfonamides is 1. The second kappa shape index (κ2) is 7.69. The van der Waals surface area contributed by atoms with Gasteiger partial charge in [-0.05, 0) is 47.5 Å². The molecule has 1 N–H and O–H groups in total. The number of aryl methyl sites for hydroxylation is 1. The van der Waals surface area contributed by atoms with Crippen LogP contribution in [0.2, 0.25) is 18.1 Å². The Hall–Kier alpha value is -2.63. The molecule has 0 radical (unpaired) electrons. The van der Waals surface area contributed by atoms with E-state index in [1.165, 1.54) is 18.2 Å². The predicted octanol–water partition coefficient (Wildman–Crippen LogP) is 5.82. The lowest BCUT2D eigenvalue weighted by molar-refractivity contribution is -0.137. The molecular weight excluding hydrogens is 481 g/mol. The van der Waals surface area contributed by atoms with Gasteiger partial charge in [0.1, 0.15) is 13.8 Å². The first-order valence-electron chi connectivity index (χ1n) is 10.7. The molecule has 0 fully saturated rings. The van der Waals surface area contributed by atoms with Crippen LogP contribution >= 0.6 is 0 Å². The monoisotopic (exact) mass is 508 g/mol. The van der Waals surface area contributed by atoms with Gasteiger partial charge >= 0.3 is 6.18 Å². The lowest BCUT2D eigenvalue weighted by Gasteiger charge is -2.36. The van der Waals surface area contributed by atoms with E-state index in [2.05, 4.69) is 9.49 Å². The minimum Gasteiger partial charge on any atom is -0.306 e. The number of rotatable bonds is 4. The van der Waals surface area contributed by atoms with Gasteiger partial charge in [0.2, 0.25) is 10.0 Å². The average Bonchev–Trinajstić information content (AvgIpc) is 3.20. The number of aromatic nitrogens is 3. The Morgan fingerprint density at radius 1 is 0.971 bits per heavy atom. The molecule has 0 atom stereocenters. The van der Waals surface area contributed by atoms with Crippen molar-refractivity contribution in [3.8, 4) is 5.69 Å². The summed E-state index contributed by atoms with van der Waals surface area (Å²) in [5.41, 5.74) is 1.69. The van der Waals surface area contributed by atoms with Crippen LogP contribution in [0.3, 0.4) is 0 Å². The number of nitrogens with zero attached hydrogens (tertiary/aromatic N) is 3. The molecule has 0 bridgehead atoms. The first-order chi connectivity index (χ1) is 15.5. The summed E-state index contributed by atoms with van der Waals surface area (Å²) in [7, 11) is -4.41. The van der Waals surface area contributed by atoms with Gasteiger partial charge in [-0.3, -0.25) is 4.68 Å². The normalized spacial score (nSPS) is 13.8. The average molecular weight is 509 g/mol. The molecule has 0 amide bonds. The third-order valence-electron chi connectivity index (χ3n) is 6.54. The maximum Gasteiger partial charge on any atom is 0.416 e. The molecule has 182 valence electrons. The van der Waals surface area contributed by atoms with Gasteiger partial charge in [0.05, 0.1) is 21.5 Å². The van der Waals surface area contributed by atoms with E-state index in [1.54, 1.807) is 34.6 Å². The molecule has 2 aromatic carbocycles. The highest BCUT2D eigenvalue weighted by Gasteiger charge is 2.39. The van der Waals surface area contributed by atoms with Crippen LogP contribution in [0, 0.1) is 0 Å². The van der Waals surface area contributed by atoms with Gasteiger partial charge in [0.15, 0.2) is 0 Å². The first-order valence-corrected chi connectivity index (χ1v) is 15.2. The van der Waals surface area contributed by atoms with E-state index in [4.69, 9.17) is 0 Å². The van der Waals surface area contributed by atoms with Crippen molar-refractivity contribution in [1.82, 2.24) is 18.7 Å². The summed E-state index contributed by atoms with van der Waals surface area (Å²) in [6.07, 6.45) is -2.67. The fourth-order valence-corrected chi connectivity index (χ4v) is 8.56. The Labute approximate surface area is 197 Å². The SMILES string of the molecule is Cn1cc2c(n1)c1cc(S(=O)(=O)N[Si](C)(C)C(C)(C)C)ccc1n2-c1ccc(C(F)(F)F)cc1. The maximum absolute atomic E-state index is 13.3. The van der Waals surface area contributed by atoms with E-state index in [1.807, 2.05) is 33.9 Å². The minimum atomic E-state index is -4.43. The molecule has 0 aliphatic rings. The molecule has 4 rings (SSSR count). The fraction of sp³-hybridized carbons (Fsp3) is 0.348. The highest BCUT2D eigenvalue weighted by atomic mass is 32.2. The van der Waals surface area contributed by atoms with Gasteiger partial charge in [-0.15, -0.1) is 0 Å². The van der Waals surface area contributed by atoms with E-state index in [9.17, 15) is 21.6 Å². The van der Waals surface area contributed by atoms with Crippen molar-refractivity contribution in [2.75, 3.05) is 0 Å². The second-order valence-electron chi connectivity index (χ2n) is 10.1. The maximum atomic E-state index is 13.3. The summed E-state index contributed by atoms with van der Waals surface area (Å²) in [4.78, 5) is 0.127. The van der Waals surface area contributed by atoms with Gasteiger partial charge in [-0.1, -0.05) is 33.9 Å². The van der Waals surface area contributed by atoms with Crippen LogP contribution < -0.4 is 4.39 Å². The number of nitrogens with one attached hydrogen (secondary N) is 1.